The molecule has 0 aromatic heterocycles. The van der Waals surface area contributed by atoms with Gasteiger partial charge in [-0.1, -0.05) is 35.9 Å². The first-order valence-electron chi connectivity index (χ1n) is 6.86. The van der Waals surface area contributed by atoms with Crippen molar-refractivity contribution in [1.29, 1.82) is 5.41 Å². The highest BCUT2D eigenvalue weighted by atomic mass is 35.5. The molecule has 4 heteroatoms. The van der Waals surface area contributed by atoms with E-state index in [1.807, 2.05) is 37.3 Å². The smallest absolute Gasteiger partial charge is 0.124 e. The van der Waals surface area contributed by atoms with Crippen molar-refractivity contribution < 1.29 is 5.11 Å². The van der Waals surface area contributed by atoms with Gasteiger partial charge in [-0.25, -0.2) is 0 Å². The molecule has 0 radical (unpaired) electrons. The predicted octanol–water partition coefficient (Wildman–Crippen LogP) is 3.62. The van der Waals surface area contributed by atoms with Crippen molar-refractivity contribution >= 4 is 17.3 Å². The van der Waals surface area contributed by atoms with Crippen molar-refractivity contribution in [3.8, 4) is 5.75 Å². The summed E-state index contributed by atoms with van der Waals surface area (Å²) in [5.74, 6) is -0.0521. The Kier molecular flexibility index (Phi) is 4.99. The molecule has 0 aliphatic rings. The van der Waals surface area contributed by atoms with Gasteiger partial charge in [-0.05, 0) is 43.2 Å². The second kappa shape index (κ2) is 6.74. The molecule has 4 N–H and O–H groups in total. The average Bonchev–Trinajstić information content (AvgIpc) is 2.46. The summed E-state index contributed by atoms with van der Waals surface area (Å²) in [4.78, 5) is 0. The van der Waals surface area contributed by atoms with Gasteiger partial charge < -0.3 is 16.2 Å². The minimum atomic E-state index is -0.187. The van der Waals surface area contributed by atoms with E-state index < -0.39 is 0 Å². The predicted molar refractivity (Wildman–Crippen MR) is 87.2 cm³/mol. The molecule has 0 spiro atoms. The highest BCUT2D eigenvalue weighted by molar-refractivity contribution is 6.30. The molecule has 0 saturated heterocycles. The Morgan fingerprint density at radius 1 is 1.19 bits per heavy atom. The number of phenols is 1. The molecule has 2 atom stereocenters. The van der Waals surface area contributed by atoms with Gasteiger partial charge in [0.1, 0.15) is 5.75 Å². The standard InChI is InChI=1S/C17H19ClN2O/c1-11(19)15(10-12-6-8-13(18)9-7-12)17(20)14-4-2-3-5-16(14)21/h2-9,11,15,20-21H,10,19H2,1H3. The van der Waals surface area contributed by atoms with Crippen molar-refractivity contribution in [2.45, 2.75) is 19.4 Å². The van der Waals surface area contributed by atoms with Crippen LogP contribution in [0.3, 0.4) is 0 Å². The second-order valence-electron chi connectivity index (χ2n) is 5.23. The molecule has 0 aliphatic carbocycles. The van der Waals surface area contributed by atoms with E-state index in [0.717, 1.165) is 5.56 Å². The summed E-state index contributed by atoms with van der Waals surface area (Å²) in [6, 6.07) is 14.2. The largest absolute Gasteiger partial charge is 0.507 e. The van der Waals surface area contributed by atoms with Crippen LogP contribution in [0.2, 0.25) is 5.02 Å². The Morgan fingerprint density at radius 3 is 2.38 bits per heavy atom. The summed E-state index contributed by atoms with van der Waals surface area (Å²) in [5, 5.41) is 19.0. The lowest BCUT2D eigenvalue weighted by Crippen LogP contribution is -2.34. The summed E-state index contributed by atoms with van der Waals surface area (Å²) in [6.07, 6.45) is 0.641. The van der Waals surface area contributed by atoms with Gasteiger partial charge >= 0.3 is 0 Å². The van der Waals surface area contributed by atoms with Crippen LogP contribution in [-0.4, -0.2) is 16.9 Å². The summed E-state index contributed by atoms with van der Waals surface area (Å²) in [7, 11) is 0. The topological polar surface area (TPSA) is 70.1 Å². The minimum absolute atomic E-state index is 0.115. The first-order valence-corrected chi connectivity index (χ1v) is 7.23. The molecule has 21 heavy (non-hydrogen) atoms. The first kappa shape index (κ1) is 15.5. The fraction of sp³-hybridized carbons (Fsp3) is 0.235. The molecule has 0 amide bonds. The van der Waals surface area contributed by atoms with Gasteiger partial charge in [0.2, 0.25) is 0 Å². The van der Waals surface area contributed by atoms with Crippen LogP contribution in [0.15, 0.2) is 48.5 Å². The number of nitrogens with two attached hydrogens (primary N) is 1. The number of aromatic hydroxyl groups is 1. The minimum Gasteiger partial charge on any atom is -0.507 e. The van der Waals surface area contributed by atoms with Crippen molar-refractivity contribution in [2.24, 2.45) is 11.7 Å². The van der Waals surface area contributed by atoms with Crippen molar-refractivity contribution in [3.05, 3.63) is 64.7 Å². The lowest BCUT2D eigenvalue weighted by atomic mass is 9.85. The summed E-state index contributed by atoms with van der Waals surface area (Å²) < 4.78 is 0. The van der Waals surface area contributed by atoms with Crippen LogP contribution >= 0.6 is 11.6 Å². The molecule has 2 aromatic carbocycles. The molecule has 0 bridgehead atoms. The fourth-order valence-electron chi connectivity index (χ4n) is 2.33. The first-order chi connectivity index (χ1) is 9.99. The Hall–Kier alpha value is -1.84. The van der Waals surface area contributed by atoms with Gasteiger partial charge in [-0.3, -0.25) is 0 Å². The van der Waals surface area contributed by atoms with Crippen LogP contribution in [0.25, 0.3) is 0 Å². The van der Waals surface area contributed by atoms with Gasteiger partial charge in [0.15, 0.2) is 0 Å². The normalized spacial score (nSPS) is 13.7. The van der Waals surface area contributed by atoms with Gasteiger partial charge in [0, 0.05) is 28.3 Å². The second-order valence-corrected chi connectivity index (χ2v) is 5.66. The number of nitrogens with one attached hydrogen (secondary N) is 1. The van der Waals surface area contributed by atoms with E-state index in [0.29, 0.717) is 22.7 Å². The zero-order valence-corrected chi connectivity index (χ0v) is 12.6. The van der Waals surface area contributed by atoms with E-state index in [4.69, 9.17) is 22.7 Å². The van der Waals surface area contributed by atoms with Gasteiger partial charge in [0.25, 0.3) is 0 Å². The van der Waals surface area contributed by atoms with E-state index in [-0.39, 0.29) is 17.7 Å². The molecule has 110 valence electrons. The van der Waals surface area contributed by atoms with Crippen LogP contribution in [0.4, 0.5) is 0 Å². The van der Waals surface area contributed by atoms with E-state index in [9.17, 15) is 5.11 Å². The Morgan fingerprint density at radius 2 is 1.81 bits per heavy atom. The number of halogens is 1. The van der Waals surface area contributed by atoms with E-state index in [2.05, 4.69) is 0 Å². The summed E-state index contributed by atoms with van der Waals surface area (Å²) in [6.45, 7) is 1.88. The number of hydrogen-bond acceptors (Lipinski definition) is 3. The molecule has 2 unspecified atom stereocenters. The van der Waals surface area contributed by atoms with E-state index in [1.165, 1.54) is 0 Å². The summed E-state index contributed by atoms with van der Waals surface area (Å²) >= 11 is 5.89. The number of para-hydroxylation sites is 1. The van der Waals surface area contributed by atoms with E-state index in [1.54, 1.807) is 18.2 Å². The van der Waals surface area contributed by atoms with Crippen LogP contribution in [-0.2, 0) is 6.42 Å². The molecule has 2 aromatic rings. The zero-order chi connectivity index (χ0) is 15.4. The highest BCUT2D eigenvalue weighted by Gasteiger charge is 2.22. The zero-order valence-electron chi connectivity index (χ0n) is 11.9. The Labute approximate surface area is 129 Å². The number of hydrogen-bond donors (Lipinski definition) is 3. The van der Waals surface area contributed by atoms with Gasteiger partial charge in [-0.15, -0.1) is 0 Å². The highest BCUT2D eigenvalue weighted by Crippen LogP contribution is 2.24. The van der Waals surface area contributed by atoms with E-state index >= 15 is 0 Å². The molecule has 0 heterocycles. The number of phenolic OH excluding ortho intramolecular Hbond substituents is 1. The Bertz CT molecular complexity index is 623. The third kappa shape index (κ3) is 3.84. The quantitative estimate of drug-likeness (QED) is 0.738. The van der Waals surface area contributed by atoms with Gasteiger partial charge in [-0.2, -0.15) is 0 Å². The van der Waals surface area contributed by atoms with Crippen LogP contribution in [0.5, 0.6) is 5.75 Å². The fourth-order valence-corrected chi connectivity index (χ4v) is 2.45. The molecule has 0 fully saturated rings. The third-order valence-corrected chi connectivity index (χ3v) is 3.82. The number of benzene rings is 2. The van der Waals surface area contributed by atoms with Crippen LogP contribution < -0.4 is 5.73 Å². The van der Waals surface area contributed by atoms with Crippen molar-refractivity contribution in [2.75, 3.05) is 0 Å². The average molecular weight is 303 g/mol. The monoisotopic (exact) mass is 302 g/mol. The lowest BCUT2D eigenvalue weighted by molar-refractivity contribution is 0.472. The van der Waals surface area contributed by atoms with Crippen LogP contribution in [0.1, 0.15) is 18.1 Å². The van der Waals surface area contributed by atoms with Gasteiger partial charge in [0.05, 0.1) is 0 Å². The lowest BCUT2D eigenvalue weighted by Gasteiger charge is -2.22. The van der Waals surface area contributed by atoms with Crippen LogP contribution in [0, 0.1) is 11.3 Å². The SMILES string of the molecule is CC(N)C(Cc1ccc(Cl)cc1)C(=N)c1ccccc1O. The number of rotatable bonds is 5. The molecule has 0 saturated carbocycles. The maximum Gasteiger partial charge on any atom is 0.124 e. The van der Waals surface area contributed by atoms with Crippen molar-refractivity contribution in [1.82, 2.24) is 0 Å². The Balaban J connectivity index is 2.25. The molecule has 0 aliphatic heterocycles. The van der Waals surface area contributed by atoms with Crippen molar-refractivity contribution in [3.63, 3.8) is 0 Å². The molecular formula is C17H19ClN2O. The summed E-state index contributed by atoms with van der Waals surface area (Å²) in [5.41, 5.74) is 8.02. The molecule has 3 nitrogen and oxygen atoms in total. The third-order valence-electron chi connectivity index (χ3n) is 3.57. The maximum atomic E-state index is 9.91. The molecular weight excluding hydrogens is 284 g/mol. The maximum absolute atomic E-state index is 9.91. The molecule has 2 rings (SSSR count).